The summed E-state index contributed by atoms with van der Waals surface area (Å²) in [6, 6.07) is 16.2. The first-order valence-electron chi connectivity index (χ1n) is 7.35. The summed E-state index contributed by atoms with van der Waals surface area (Å²) in [6.07, 6.45) is 1.75. The van der Waals surface area contributed by atoms with Crippen LogP contribution in [0.25, 0.3) is 0 Å². The van der Waals surface area contributed by atoms with E-state index in [0.29, 0.717) is 5.57 Å². The van der Waals surface area contributed by atoms with E-state index in [0.717, 1.165) is 32.3 Å². The van der Waals surface area contributed by atoms with E-state index in [1.165, 1.54) is 0 Å². The quantitative estimate of drug-likeness (QED) is 0.485. The van der Waals surface area contributed by atoms with Gasteiger partial charge in [0.25, 0.3) is 10.1 Å². The summed E-state index contributed by atoms with van der Waals surface area (Å²) in [7, 11) is -4.15. The molecule has 1 heterocycles. The van der Waals surface area contributed by atoms with Crippen LogP contribution in [0.1, 0.15) is 13.8 Å². The van der Waals surface area contributed by atoms with Crippen LogP contribution in [0.5, 0.6) is 0 Å². The fourth-order valence-electron chi connectivity index (χ4n) is 2.75. The third kappa shape index (κ3) is 4.78. The molecule has 25 heavy (non-hydrogen) atoms. The zero-order valence-corrected chi connectivity index (χ0v) is 14.9. The normalized spacial score (nSPS) is 14.4. The van der Waals surface area contributed by atoms with Crippen LogP contribution in [0.3, 0.4) is 0 Å². The fraction of sp³-hybridized carbons (Fsp3) is 0.111. The van der Waals surface area contributed by atoms with Crippen LogP contribution >= 0.6 is 11.8 Å². The van der Waals surface area contributed by atoms with Gasteiger partial charge in [0.05, 0.1) is 16.8 Å². The standard InChI is InChI=1S/C18H17NO3S2.Na.H/c1-13(12-24(20,21)22)11-14(2)19-15-7-3-5-9-17(15)23-18-10-6-4-8-16(18)19;;/h3-12H,1-2H3,(H,20,21,22);;. The number of nitrogens with zero attached hydrogens (tertiary/aromatic N) is 1. The van der Waals surface area contributed by atoms with Gasteiger partial charge in [0, 0.05) is 15.5 Å². The molecule has 0 unspecified atom stereocenters. The molecule has 0 saturated carbocycles. The first-order chi connectivity index (χ1) is 11.3. The molecular formula is C18H18NNaO3S2. The second-order valence-corrected chi connectivity index (χ2v) is 7.88. The number of para-hydroxylation sites is 2. The predicted octanol–water partition coefficient (Wildman–Crippen LogP) is 4.34. The van der Waals surface area contributed by atoms with Gasteiger partial charge in [0.1, 0.15) is 0 Å². The molecule has 2 aromatic carbocycles. The fourth-order valence-corrected chi connectivity index (χ4v) is 4.34. The van der Waals surface area contributed by atoms with Crippen molar-refractivity contribution in [1.82, 2.24) is 0 Å². The van der Waals surface area contributed by atoms with Crippen molar-refractivity contribution in [3.05, 3.63) is 71.3 Å². The van der Waals surface area contributed by atoms with Crippen molar-refractivity contribution >= 4 is 62.8 Å². The van der Waals surface area contributed by atoms with Crippen molar-refractivity contribution < 1.29 is 13.0 Å². The Morgan fingerprint density at radius 3 is 1.96 bits per heavy atom. The maximum atomic E-state index is 11.0. The SMILES string of the molecule is CC(=CS(=O)(=O)O)C=C(C)N1c2ccccc2Sc2ccccc21.[NaH]. The average molecular weight is 383 g/mol. The van der Waals surface area contributed by atoms with E-state index in [9.17, 15) is 8.42 Å². The Labute approximate surface area is 174 Å². The van der Waals surface area contributed by atoms with E-state index in [4.69, 9.17) is 4.55 Å². The molecule has 7 heteroatoms. The van der Waals surface area contributed by atoms with Crippen LogP contribution in [0.4, 0.5) is 11.4 Å². The van der Waals surface area contributed by atoms with Gasteiger partial charge >= 0.3 is 29.6 Å². The number of rotatable bonds is 3. The number of benzene rings is 2. The summed E-state index contributed by atoms with van der Waals surface area (Å²) in [6.45, 7) is 3.57. The topological polar surface area (TPSA) is 57.6 Å². The molecule has 1 N–H and O–H groups in total. The van der Waals surface area contributed by atoms with Crippen LogP contribution in [-0.4, -0.2) is 42.5 Å². The molecule has 0 radical (unpaired) electrons. The predicted molar refractivity (Wildman–Crippen MR) is 105 cm³/mol. The number of allylic oxidation sites excluding steroid dienone is 3. The van der Waals surface area contributed by atoms with Gasteiger partial charge in [-0.3, -0.25) is 4.55 Å². The van der Waals surface area contributed by atoms with E-state index >= 15 is 0 Å². The summed E-state index contributed by atoms with van der Waals surface area (Å²) in [5, 5.41) is 0.854. The summed E-state index contributed by atoms with van der Waals surface area (Å²) in [5.74, 6) is 0. The Kier molecular flexibility index (Phi) is 6.59. The molecule has 4 nitrogen and oxygen atoms in total. The van der Waals surface area contributed by atoms with E-state index in [-0.39, 0.29) is 29.6 Å². The molecule has 0 amide bonds. The molecule has 1 aliphatic rings. The van der Waals surface area contributed by atoms with Crippen molar-refractivity contribution in [2.45, 2.75) is 23.6 Å². The van der Waals surface area contributed by atoms with Gasteiger partial charge in [0.15, 0.2) is 0 Å². The molecule has 0 atom stereocenters. The Morgan fingerprint density at radius 1 is 1.00 bits per heavy atom. The number of anilines is 2. The van der Waals surface area contributed by atoms with E-state index < -0.39 is 10.1 Å². The molecule has 0 fully saturated rings. The molecule has 0 bridgehead atoms. The summed E-state index contributed by atoms with van der Waals surface area (Å²) >= 11 is 1.71. The second kappa shape index (κ2) is 8.12. The van der Waals surface area contributed by atoms with Gasteiger partial charge < -0.3 is 4.90 Å². The molecule has 0 aliphatic carbocycles. The van der Waals surface area contributed by atoms with E-state index in [2.05, 4.69) is 17.0 Å². The van der Waals surface area contributed by atoms with E-state index in [1.807, 2.05) is 43.3 Å². The number of hydrogen-bond acceptors (Lipinski definition) is 4. The van der Waals surface area contributed by atoms with Crippen molar-refractivity contribution in [3.63, 3.8) is 0 Å². The van der Waals surface area contributed by atoms with Gasteiger partial charge in [-0.2, -0.15) is 8.42 Å². The number of fused-ring (bicyclic) bond motifs is 2. The Balaban J connectivity index is 0.00000225. The van der Waals surface area contributed by atoms with Gasteiger partial charge in [-0.05, 0) is 49.8 Å². The van der Waals surface area contributed by atoms with Gasteiger partial charge in [0.2, 0.25) is 0 Å². The van der Waals surface area contributed by atoms with Gasteiger partial charge in [-0.15, -0.1) is 0 Å². The average Bonchev–Trinajstić information content (AvgIpc) is 2.50. The second-order valence-electron chi connectivity index (χ2n) is 5.54. The van der Waals surface area contributed by atoms with Crippen molar-refractivity contribution in [2.24, 2.45) is 0 Å². The van der Waals surface area contributed by atoms with Crippen molar-refractivity contribution in [1.29, 1.82) is 0 Å². The van der Waals surface area contributed by atoms with Crippen LogP contribution < -0.4 is 4.90 Å². The molecule has 2 aromatic rings. The van der Waals surface area contributed by atoms with Crippen LogP contribution in [0.15, 0.2) is 81.1 Å². The zero-order chi connectivity index (χ0) is 17.3. The monoisotopic (exact) mass is 383 g/mol. The Morgan fingerprint density at radius 2 is 1.48 bits per heavy atom. The van der Waals surface area contributed by atoms with Gasteiger partial charge in [-0.1, -0.05) is 36.0 Å². The summed E-state index contributed by atoms with van der Waals surface area (Å²) in [4.78, 5) is 4.38. The molecule has 1 aliphatic heterocycles. The molecule has 0 saturated heterocycles. The van der Waals surface area contributed by atoms with Gasteiger partial charge in [-0.25, -0.2) is 0 Å². The van der Waals surface area contributed by atoms with E-state index in [1.54, 1.807) is 24.8 Å². The first kappa shape index (κ1) is 20.3. The minimum absolute atomic E-state index is 0. The molecule has 0 spiro atoms. The first-order valence-corrected chi connectivity index (χ1v) is 9.67. The molecule has 3 rings (SSSR count). The van der Waals surface area contributed by atoms with Crippen LogP contribution in [0.2, 0.25) is 0 Å². The molecule has 126 valence electrons. The Hall–Kier alpha value is -1.02. The third-order valence-electron chi connectivity index (χ3n) is 3.56. The zero-order valence-electron chi connectivity index (χ0n) is 13.3. The molecule has 0 aromatic heterocycles. The van der Waals surface area contributed by atoms with Crippen LogP contribution in [0, 0.1) is 0 Å². The molecular weight excluding hydrogens is 365 g/mol. The van der Waals surface area contributed by atoms with Crippen molar-refractivity contribution in [2.75, 3.05) is 4.90 Å². The van der Waals surface area contributed by atoms with Crippen LogP contribution in [-0.2, 0) is 10.1 Å². The minimum atomic E-state index is -4.15. The summed E-state index contributed by atoms with van der Waals surface area (Å²) < 4.78 is 31.0. The maximum absolute atomic E-state index is 11.0. The summed E-state index contributed by atoms with van der Waals surface area (Å²) in [5.41, 5.74) is 3.43. The number of hydrogen-bond donors (Lipinski definition) is 1. The third-order valence-corrected chi connectivity index (χ3v) is 5.36. The Bertz CT molecular complexity index is 907. The van der Waals surface area contributed by atoms with Crippen molar-refractivity contribution in [3.8, 4) is 0 Å².